The number of amidine groups is 1. The summed E-state index contributed by atoms with van der Waals surface area (Å²) in [5.41, 5.74) is 5.53. The minimum Gasteiger partial charge on any atom is -0.460 e. The van der Waals surface area contributed by atoms with Crippen molar-refractivity contribution in [1.29, 1.82) is 0 Å². The Bertz CT molecular complexity index is 492. The summed E-state index contributed by atoms with van der Waals surface area (Å²) in [6.07, 6.45) is 2.51. The lowest BCUT2D eigenvalue weighted by Crippen LogP contribution is -2.24. The number of pyridine rings is 1. The highest BCUT2D eigenvalue weighted by Gasteiger charge is 2.15. The van der Waals surface area contributed by atoms with Gasteiger partial charge in [0, 0.05) is 24.7 Å². The molecule has 1 aromatic rings. The smallest absolute Gasteiger partial charge is 0.306 e. The number of ether oxygens (including phenoxy) is 1. The Morgan fingerprint density at radius 1 is 1.48 bits per heavy atom. The highest BCUT2D eigenvalue weighted by atomic mass is 16.6. The first-order valence-electron chi connectivity index (χ1n) is 6.71. The van der Waals surface area contributed by atoms with Gasteiger partial charge in [0.05, 0.1) is 0 Å². The summed E-state index contributed by atoms with van der Waals surface area (Å²) in [5.74, 6) is 0.465. The van der Waals surface area contributed by atoms with Crippen LogP contribution in [0.5, 0.6) is 0 Å². The van der Waals surface area contributed by atoms with Gasteiger partial charge in [0.15, 0.2) is 5.84 Å². The first-order chi connectivity index (χ1) is 9.81. The number of rotatable bonds is 6. The van der Waals surface area contributed by atoms with Crippen molar-refractivity contribution in [3.05, 3.63) is 23.9 Å². The molecule has 0 saturated heterocycles. The van der Waals surface area contributed by atoms with E-state index in [2.05, 4.69) is 15.5 Å². The van der Waals surface area contributed by atoms with Gasteiger partial charge in [-0.25, -0.2) is 4.98 Å². The number of nitrogens with one attached hydrogen (secondary N) is 1. The molecule has 0 aromatic carbocycles. The Morgan fingerprint density at radius 3 is 2.71 bits per heavy atom. The number of hydrogen-bond donors (Lipinski definition) is 3. The second kappa shape index (κ2) is 7.47. The number of esters is 1. The molecule has 0 bridgehead atoms. The lowest BCUT2D eigenvalue weighted by molar-refractivity contribution is -0.154. The molecule has 7 heteroatoms. The van der Waals surface area contributed by atoms with E-state index in [0.29, 0.717) is 30.8 Å². The van der Waals surface area contributed by atoms with Crippen molar-refractivity contribution >= 4 is 17.6 Å². The normalized spacial score (nSPS) is 12.0. The number of carbonyl (C=O) groups excluding carboxylic acids is 1. The predicted octanol–water partition coefficient (Wildman–Crippen LogP) is 1.71. The van der Waals surface area contributed by atoms with Gasteiger partial charge in [0.2, 0.25) is 0 Å². The Kier molecular flexibility index (Phi) is 5.95. The van der Waals surface area contributed by atoms with Crippen molar-refractivity contribution in [3.8, 4) is 0 Å². The number of oxime groups is 1. The summed E-state index contributed by atoms with van der Waals surface area (Å²) in [4.78, 5) is 15.6. The minimum absolute atomic E-state index is 0.0129. The molecule has 116 valence electrons. The van der Waals surface area contributed by atoms with Crippen molar-refractivity contribution < 1.29 is 14.7 Å². The summed E-state index contributed by atoms with van der Waals surface area (Å²) < 4.78 is 5.21. The highest BCUT2D eigenvalue weighted by molar-refractivity contribution is 5.96. The molecular weight excluding hydrogens is 272 g/mol. The molecule has 0 atom stereocenters. The maximum Gasteiger partial charge on any atom is 0.306 e. The first kappa shape index (κ1) is 16.7. The van der Waals surface area contributed by atoms with Crippen LogP contribution in [0.15, 0.2) is 23.5 Å². The van der Waals surface area contributed by atoms with Crippen molar-refractivity contribution in [3.63, 3.8) is 0 Å². The molecule has 1 rings (SSSR count). The van der Waals surface area contributed by atoms with E-state index < -0.39 is 5.60 Å². The lowest BCUT2D eigenvalue weighted by atomic mass is 10.2. The Morgan fingerprint density at radius 2 is 2.19 bits per heavy atom. The molecule has 0 aliphatic heterocycles. The monoisotopic (exact) mass is 294 g/mol. The maximum atomic E-state index is 11.5. The second-order valence-electron chi connectivity index (χ2n) is 5.53. The van der Waals surface area contributed by atoms with E-state index in [1.54, 1.807) is 12.1 Å². The molecule has 4 N–H and O–H groups in total. The van der Waals surface area contributed by atoms with E-state index in [1.165, 1.54) is 6.20 Å². The van der Waals surface area contributed by atoms with Gasteiger partial charge in [0.25, 0.3) is 0 Å². The number of carbonyl (C=O) groups is 1. The molecule has 0 radical (unpaired) electrons. The zero-order chi connectivity index (χ0) is 15.9. The van der Waals surface area contributed by atoms with E-state index in [-0.39, 0.29) is 11.8 Å². The van der Waals surface area contributed by atoms with E-state index >= 15 is 0 Å². The van der Waals surface area contributed by atoms with Gasteiger partial charge >= 0.3 is 5.97 Å². The van der Waals surface area contributed by atoms with Gasteiger partial charge in [0.1, 0.15) is 11.4 Å². The minimum atomic E-state index is -0.448. The average Bonchev–Trinajstić information content (AvgIpc) is 2.41. The fraction of sp³-hybridized carbons (Fsp3) is 0.500. The summed E-state index contributed by atoms with van der Waals surface area (Å²) in [7, 11) is 0. The third-order valence-electron chi connectivity index (χ3n) is 2.45. The number of nitrogens with two attached hydrogens (primary N) is 1. The number of anilines is 1. The van der Waals surface area contributed by atoms with Crippen molar-refractivity contribution in [1.82, 2.24) is 4.98 Å². The molecule has 7 nitrogen and oxygen atoms in total. The van der Waals surface area contributed by atoms with E-state index in [1.807, 2.05) is 20.8 Å². The van der Waals surface area contributed by atoms with Gasteiger partial charge in [-0.05, 0) is 39.3 Å². The number of hydrogen-bond acceptors (Lipinski definition) is 6. The molecule has 21 heavy (non-hydrogen) atoms. The topological polar surface area (TPSA) is 110 Å². The SMILES string of the molecule is CC(C)(C)OC(=O)CCCNc1ccc(/C(N)=N\O)cn1. The molecule has 0 fully saturated rings. The molecule has 0 unspecified atom stereocenters. The van der Waals surface area contributed by atoms with Crippen LogP contribution < -0.4 is 11.1 Å². The fourth-order valence-corrected chi connectivity index (χ4v) is 1.55. The van der Waals surface area contributed by atoms with Gasteiger partial charge in [-0.15, -0.1) is 0 Å². The van der Waals surface area contributed by atoms with E-state index in [4.69, 9.17) is 15.7 Å². The lowest BCUT2D eigenvalue weighted by Gasteiger charge is -2.19. The summed E-state index contributed by atoms with van der Waals surface area (Å²) in [5, 5.41) is 14.5. The molecule has 0 saturated carbocycles. The summed E-state index contributed by atoms with van der Waals surface area (Å²) >= 11 is 0. The van der Waals surface area contributed by atoms with Gasteiger partial charge < -0.3 is 21.0 Å². The molecule has 0 aliphatic carbocycles. The largest absolute Gasteiger partial charge is 0.460 e. The first-order valence-corrected chi connectivity index (χ1v) is 6.71. The van der Waals surface area contributed by atoms with Crippen LogP contribution in [0, 0.1) is 0 Å². The van der Waals surface area contributed by atoms with Crippen LogP contribution >= 0.6 is 0 Å². The standard InChI is InChI=1S/C14H22N4O3/c1-14(2,3)21-12(19)5-4-8-16-11-7-6-10(9-17-11)13(15)18-20/h6-7,9,20H,4-5,8H2,1-3H3,(H2,15,18)(H,16,17). The van der Waals surface area contributed by atoms with Gasteiger partial charge in [-0.3, -0.25) is 4.79 Å². The zero-order valence-corrected chi connectivity index (χ0v) is 12.6. The summed E-state index contributed by atoms with van der Waals surface area (Å²) in [6.45, 7) is 6.14. The predicted molar refractivity (Wildman–Crippen MR) is 80.3 cm³/mol. The number of nitrogens with zero attached hydrogens (tertiary/aromatic N) is 2. The zero-order valence-electron chi connectivity index (χ0n) is 12.6. The van der Waals surface area contributed by atoms with E-state index in [9.17, 15) is 4.79 Å². The molecular formula is C14H22N4O3. The second-order valence-corrected chi connectivity index (χ2v) is 5.53. The molecule has 0 aliphatic rings. The van der Waals surface area contributed by atoms with Gasteiger partial charge in [-0.2, -0.15) is 0 Å². The van der Waals surface area contributed by atoms with Crippen LogP contribution in [0.3, 0.4) is 0 Å². The van der Waals surface area contributed by atoms with Crippen LogP contribution in [0.1, 0.15) is 39.2 Å². The highest BCUT2D eigenvalue weighted by Crippen LogP contribution is 2.09. The molecule has 0 amide bonds. The van der Waals surface area contributed by atoms with Crippen molar-refractivity contribution in [2.75, 3.05) is 11.9 Å². The van der Waals surface area contributed by atoms with Crippen molar-refractivity contribution in [2.45, 2.75) is 39.2 Å². The average molecular weight is 294 g/mol. The van der Waals surface area contributed by atoms with Gasteiger partial charge in [-0.1, -0.05) is 5.16 Å². The molecule has 0 spiro atoms. The maximum absolute atomic E-state index is 11.5. The molecule has 1 heterocycles. The third kappa shape index (κ3) is 6.60. The van der Waals surface area contributed by atoms with Crippen LogP contribution in [0.25, 0.3) is 0 Å². The Labute approximate surface area is 124 Å². The van der Waals surface area contributed by atoms with Crippen LogP contribution in [-0.4, -0.2) is 34.1 Å². The van der Waals surface area contributed by atoms with Crippen LogP contribution in [0.2, 0.25) is 0 Å². The quantitative estimate of drug-likeness (QED) is 0.184. The van der Waals surface area contributed by atoms with Crippen LogP contribution in [0.4, 0.5) is 5.82 Å². The fourth-order valence-electron chi connectivity index (χ4n) is 1.55. The molecule has 1 aromatic heterocycles. The Balaban J connectivity index is 2.32. The van der Waals surface area contributed by atoms with Crippen LogP contribution in [-0.2, 0) is 9.53 Å². The third-order valence-corrected chi connectivity index (χ3v) is 2.45. The van der Waals surface area contributed by atoms with Crippen molar-refractivity contribution in [2.24, 2.45) is 10.9 Å². The van der Waals surface area contributed by atoms with E-state index in [0.717, 1.165) is 0 Å². The number of aromatic nitrogens is 1. The Hall–Kier alpha value is -2.31. The summed E-state index contributed by atoms with van der Waals surface area (Å²) in [6, 6.07) is 3.42.